The van der Waals surface area contributed by atoms with Gasteiger partial charge < -0.3 is 15.3 Å². The van der Waals surface area contributed by atoms with Gasteiger partial charge >= 0.3 is 0 Å². The van der Waals surface area contributed by atoms with Crippen molar-refractivity contribution in [2.24, 2.45) is 5.92 Å². The van der Waals surface area contributed by atoms with Crippen LogP contribution in [0.3, 0.4) is 0 Å². The first-order chi connectivity index (χ1) is 9.93. The highest BCUT2D eigenvalue weighted by Gasteiger charge is 2.27. The maximum absolute atomic E-state index is 14.0. The summed E-state index contributed by atoms with van der Waals surface area (Å²) in [5.74, 6) is 0.168. The van der Waals surface area contributed by atoms with Gasteiger partial charge in [-0.25, -0.2) is 4.39 Å². The predicted molar refractivity (Wildman–Crippen MR) is 85.2 cm³/mol. The molecule has 3 unspecified atom stereocenters. The van der Waals surface area contributed by atoms with Gasteiger partial charge in [-0.15, -0.1) is 0 Å². The van der Waals surface area contributed by atoms with Crippen LogP contribution in [0.2, 0.25) is 0 Å². The molecule has 0 amide bonds. The van der Waals surface area contributed by atoms with E-state index in [1.807, 2.05) is 13.0 Å². The molecule has 1 aliphatic rings. The number of benzene rings is 1. The summed E-state index contributed by atoms with van der Waals surface area (Å²) in [5.41, 5.74) is 2.68. The number of aliphatic hydroxyl groups is 1. The fraction of sp³-hybridized carbons (Fsp3) is 0.647. The Balaban J connectivity index is 2.34. The van der Waals surface area contributed by atoms with E-state index >= 15 is 0 Å². The summed E-state index contributed by atoms with van der Waals surface area (Å²) in [7, 11) is 0. The van der Waals surface area contributed by atoms with Crippen LogP contribution in [0.15, 0.2) is 12.1 Å². The lowest BCUT2D eigenvalue weighted by atomic mass is 9.94. The number of hydrogen-bond donors (Lipinski definition) is 2. The zero-order valence-corrected chi connectivity index (χ0v) is 13.5. The van der Waals surface area contributed by atoms with Gasteiger partial charge in [0.2, 0.25) is 0 Å². The third-order valence-electron chi connectivity index (χ3n) is 4.54. The summed E-state index contributed by atoms with van der Waals surface area (Å²) in [5, 5.41) is 13.5. The molecule has 3 nitrogen and oxygen atoms in total. The summed E-state index contributed by atoms with van der Waals surface area (Å²) >= 11 is 0. The molecule has 1 heterocycles. The molecule has 2 rings (SSSR count). The van der Waals surface area contributed by atoms with E-state index in [9.17, 15) is 9.50 Å². The predicted octanol–water partition coefficient (Wildman–Crippen LogP) is 3.01. The van der Waals surface area contributed by atoms with Crippen LogP contribution >= 0.6 is 0 Å². The number of piperidine rings is 1. The van der Waals surface area contributed by atoms with Crippen molar-refractivity contribution in [2.45, 2.75) is 46.3 Å². The molecule has 4 heteroatoms. The third kappa shape index (κ3) is 3.55. The molecular weight excluding hydrogens is 267 g/mol. The summed E-state index contributed by atoms with van der Waals surface area (Å²) in [4.78, 5) is 2.19. The number of β-amino-alcohol motifs (C(OH)–C–C–N with tert-alkyl or cyclic N) is 1. The minimum absolute atomic E-state index is 0.0941. The molecule has 3 atom stereocenters. The lowest BCUT2D eigenvalue weighted by molar-refractivity contribution is 0.103. The summed E-state index contributed by atoms with van der Waals surface area (Å²) in [6.45, 7) is 10.4. The average molecular weight is 294 g/mol. The van der Waals surface area contributed by atoms with Gasteiger partial charge in [-0.05, 0) is 56.0 Å². The molecule has 21 heavy (non-hydrogen) atoms. The first-order valence-electron chi connectivity index (χ1n) is 7.90. The maximum Gasteiger partial charge on any atom is 0.126 e. The number of halogens is 1. The molecule has 0 aliphatic carbocycles. The van der Waals surface area contributed by atoms with Crippen LogP contribution in [0.1, 0.15) is 44.4 Å². The van der Waals surface area contributed by atoms with Gasteiger partial charge in [0.15, 0.2) is 0 Å². The monoisotopic (exact) mass is 294 g/mol. The van der Waals surface area contributed by atoms with Gasteiger partial charge in [-0.3, -0.25) is 0 Å². The van der Waals surface area contributed by atoms with Crippen LogP contribution in [-0.4, -0.2) is 30.8 Å². The van der Waals surface area contributed by atoms with Crippen molar-refractivity contribution in [3.8, 4) is 0 Å². The molecule has 118 valence electrons. The van der Waals surface area contributed by atoms with Gasteiger partial charge in [0, 0.05) is 24.8 Å². The lowest BCUT2D eigenvalue weighted by Gasteiger charge is -2.37. The molecule has 0 bridgehead atoms. The van der Waals surface area contributed by atoms with Crippen LogP contribution in [0.25, 0.3) is 0 Å². The molecule has 1 saturated heterocycles. The summed E-state index contributed by atoms with van der Waals surface area (Å²) in [6.07, 6.45) is 0.651. The zero-order valence-electron chi connectivity index (χ0n) is 13.5. The second kappa shape index (κ2) is 6.75. The van der Waals surface area contributed by atoms with Crippen molar-refractivity contribution in [3.05, 3.63) is 29.1 Å². The molecule has 0 aromatic heterocycles. The van der Waals surface area contributed by atoms with Gasteiger partial charge in [-0.2, -0.15) is 0 Å². The number of aliphatic hydroxyl groups excluding tert-OH is 1. The number of rotatable bonds is 4. The van der Waals surface area contributed by atoms with Crippen LogP contribution in [0, 0.1) is 18.7 Å². The lowest BCUT2D eigenvalue weighted by Crippen LogP contribution is -2.43. The average Bonchev–Trinajstić information content (AvgIpc) is 2.44. The van der Waals surface area contributed by atoms with E-state index in [-0.39, 0.29) is 18.0 Å². The van der Waals surface area contributed by atoms with Crippen molar-refractivity contribution in [3.63, 3.8) is 0 Å². The van der Waals surface area contributed by atoms with Crippen molar-refractivity contribution >= 4 is 5.69 Å². The smallest absolute Gasteiger partial charge is 0.126 e. The molecule has 1 aromatic carbocycles. The number of hydrogen-bond acceptors (Lipinski definition) is 3. The second-order valence-electron chi connectivity index (χ2n) is 6.22. The first-order valence-corrected chi connectivity index (χ1v) is 7.90. The number of aryl methyl sites for hydroxylation is 1. The SMILES string of the molecule is CCNC(C)c1cc(F)c(C)cc1N1CCC(C)C(O)C1. The van der Waals surface area contributed by atoms with Gasteiger partial charge in [-0.1, -0.05) is 13.8 Å². The van der Waals surface area contributed by atoms with Crippen LogP contribution < -0.4 is 10.2 Å². The standard InChI is InChI=1S/C17H27FN2O/c1-5-19-13(4)14-9-15(18)12(3)8-16(14)20-7-6-11(2)17(21)10-20/h8-9,11,13,17,19,21H,5-7,10H2,1-4H3. The summed E-state index contributed by atoms with van der Waals surface area (Å²) in [6, 6.07) is 3.65. The van der Waals surface area contributed by atoms with E-state index in [1.165, 1.54) is 0 Å². The van der Waals surface area contributed by atoms with Gasteiger partial charge in [0.1, 0.15) is 5.82 Å². The number of nitrogens with one attached hydrogen (secondary N) is 1. The topological polar surface area (TPSA) is 35.5 Å². The molecular formula is C17H27FN2O. The molecule has 0 saturated carbocycles. The quantitative estimate of drug-likeness (QED) is 0.896. The van der Waals surface area contributed by atoms with Crippen LogP contribution in [0.4, 0.5) is 10.1 Å². The van der Waals surface area contributed by atoms with E-state index < -0.39 is 0 Å². The molecule has 1 aliphatic heterocycles. The highest BCUT2D eigenvalue weighted by atomic mass is 19.1. The van der Waals surface area contributed by atoms with Crippen LogP contribution in [-0.2, 0) is 0 Å². The van der Waals surface area contributed by atoms with Crippen LogP contribution in [0.5, 0.6) is 0 Å². The molecule has 1 fully saturated rings. The Labute approximate surface area is 127 Å². The number of nitrogens with zero attached hydrogens (tertiary/aromatic N) is 1. The minimum atomic E-state index is -0.314. The Hall–Kier alpha value is -1.13. The normalized spacial score (nSPS) is 24.2. The van der Waals surface area contributed by atoms with Gasteiger partial charge in [0.25, 0.3) is 0 Å². The fourth-order valence-electron chi connectivity index (χ4n) is 2.99. The second-order valence-corrected chi connectivity index (χ2v) is 6.22. The largest absolute Gasteiger partial charge is 0.391 e. The van der Waals surface area contributed by atoms with Crippen molar-refractivity contribution < 1.29 is 9.50 Å². The van der Waals surface area contributed by atoms with Crippen molar-refractivity contribution in [2.75, 3.05) is 24.5 Å². The Bertz CT molecular complexity index is 492. The minimum Gasteiger partial charge on any atom is -0.391 e. The number of anilines is 1. The van der Waals surface area contributed by atoms with E-state index in [0.717, 1.165) is 30.8 Å². The Morgan fingerprint density at radius 2 is 2.19 bits per heavy atom. The molecule has 2 N–H and O–H groups in total. The van der Waals surface area contributed by atoms with E-state index in [1.54, 1.807) is 13.0 Å². The highest BCUT2D eigenvalue weighted by molar-refractivity contribution is 5.57. The first kappa shape index (κ1) is 16.2. The molecule has 0 radical (unpaired) electrons. The third-order valence-corrected chi connectivity index (χ3v) is 4.54. The molecule has 1 aromatic rings. The van der Waals surface area contributed by atoms with Crippen molar-refractivity contribution in [1.29, 1.82) is 0 Å². The maximum atomic E-state index is 14.0. The fourth-order valence-corrected chi connectivity index (χ4v) is 2.99. The van der Waals surface area contributed by atoms with Gasteiger partial charge in [0.05, 0.1) is 6.10 Å². The van der Waals surface area contributed by atoms with Crippen molar-refractivity contribution in [1.82, 2.24) is 5.32 Å². The summed E-state index contributed by atoms with van der Waals surface area (Å²) < 4.78 is 14.0. The zero-order chi connectivity index (χ0) is 15.6. The Kier molecular flexibility index (Phi) is 5.22. The Morgan fingerprint density at radius 1 is 1.48 bits per heavy atom. The Morgan fingerprint density at radius 3 is 2.81 bits per heavy atom. The van der Waals surface area contributed by atoms with E-state index in [0.29, 0.717) is 18.0 Å². The van der Waals surface area contributed by atoms with E-state index in [4.69, 9.17) is 0 Å². The highest BCUT2D eigenvalue weighted by Crippen LogP contribution is 2.32. The molecule has 0 spiro atoms. The van der Waals surface area contributed by atoms with E-state index in [2.05, 4.69) is 24.1 Å².